The highest BCUT2D eigenvalue weighted by molar-refractivity contribution is 8.14. The van der Waals surface area contributed by atoms with Gasteiger partial charge >= 0.3 is 5.92 Å². The third kappa shape index (κ3) is 4.37. The summed E-state index contributed by atoms with van der Waals surface area (Å²) in [5.74, 6) is -3.62. The Morgan fingerprint density at radius 1 is 1.10 bits per heavy atom. The first-order valence-corrected chi connectivity index (χ1v) is 10.6. The molecule has 154 valence electrons. The number of fused-ring (bicyclic) bond motifs is 1. The van der Waals surface area contributed by atoms with Crippen LogP contribution in [0.15, 0.2) is 64.5 Å². The smallest absolute Gasteiger partial charge is 0.226 e. The van der Waals surface area contributed by atoms with E-state index < -0.39 is 17.4 Å². The second-order valence-electron chi connectivity index (χ2n) is 7.05. The van der Waals surface area contributed by atoms with Crippen LogP contribution < -0.4 is 0 Å². The van der Waals surface area contributed by atoms with E-state index in [1.54, 1.807) is 0 Å². The number of aliphatic imine (C=N–C) groups is 1. The summed E-state index contributed by atoms with van der Waals surface area (Å²) in [7, 11) is 0. The van der Waals surface area contributed by atoms with E-state index in [2.05, 4.69) is 28.0 Å². The van der Waals surface area contributed by atoms with Gasteiger partial charge in [-0.3, -0.25) is 0 Å². The van der Waals surface area contributed by atoms with Gasteiger partial charge in [0.25, 0.3) is 0 Å². The molecule has 30 heavy (non-hydrogen) atoms. The highest BCUT2D eigenvalue weighted by Crippen LogP contribution is 2.39. The lowest BCUT2D eigenvalue weighted by molar-refractivity contribution is 0.0378. The highest BCUT2D eigenvalue weighted by Gasteiger charge is 2.36. The normalized spacial score (nSPS) is 18.2. The molecule has 0 spiro atoms. The zero-order chi connectivity index (χ0) is 21.3. The molecule has 8 heteroatoms. The van der Waals surface area contributed by atoms with Gasteiger partial charge in [0.05, 0.1) is 5.04 Å². The number of halogens is 4. The molecule has 0 bridgehead atoms. The number of aromatic nitrogens is 2. The van der Waals surface area contributed by atoms with Gasteiger partial charge in [0.1, 0.15) is 11.5 Å². The quantitative estimate of drug-likeness (QED) is 0.401. The highest BCUT2D eigenvalue weighted by atomic mass is 35.5. The van der Waals surface area contributed by atoms with Crippen LogP contribution in [-0.4, -0.2) is 15.0 Å². The molecule has 0 radical (unpaired) electrons. The SMILES string of the molecule is CC1CCC(=Nc2cc(C(F)(F)c3ccc(F)cc3)nc(Cl)n2)Sc2ccccc21. The predicted molar refractivity (Wildman–Crippen MR) is 113 cm³/mol. The molecular weight excluding hydrogens is 431 g/mol. The minimum Gasteiger partial charge on any atom is -0.226 e. The van der Waals surface area contributed by atoms with Crippen LogP contribution in [0.25, 0.3) is 0 Å². The van der Waals surface area contributed by atoms with Crippen LogP contribution in [0.5, 0.6) is 0 Å². The molecule has 0 fully saturated rings. The largest absolute Gasteiger partial charge is 0.315 e. The molecular formula is C22H17ClF3N3S. The molecule has 4 rings (SSSR count). The van der Waals surface area contributed by atoms with E-state index in [9.17, 15) is 13.2 Å². The predicted octanol–water partition coefficient (Wildman–Crippen LogP) is 7.13. The minimum atomic E-state index is -3.47. The molecule has 1 unspecified atom stereocenters. The number of thioether (sulfide) groups is 1. The molecule has 0 aliphatic carbocycles. The van der Waals surface area contributed by atoms with Crippen LogP contribution >= 0.6 is 23.4 Å². The Bertz CT molecular complexity index is 1100. The maximum absolute atomic E-state index is 14.9. The molecule has 1 aromatic heterocycles. The summed E-state index contributed by atoms with van der Waals surface area (Å²) in [5, 5.41) is 0.457. The Kier molecular flexibility index (Phi) is 5.84. The van der Waals surface area contributed by atoms with Crippen LogP contribution in [0, 0.1) is 5.82 Å². The average molecular weight is 448 g/mol. The second-order valence-corrected chi connectivity index (χ2v) is 8.50. The van der Waals surface area contributed by atoms with E-state index >= 15 is 0 Å². The molecule has 0 saturated carbocycles. The van der Waals surface area contributed by atoms with Crippen LogP contribution in [0.3, 0.4) is 0 Å². The van der Waals surface area contributed by atoms with Gasteiger partial charge in [-0.2, -0.15) is 13.8 Å². The van der Waals surface area contributed by atoms with Crippen LogP contribution in [0.2, 0.25) is 5.28 Å². The van der Waals surface area contributed by atoms with Crippen molar-refractivity contribution in [3.63, 3.8) is 0 Å². The van der Waals surface area contributed by atoms with E-state index in [-0.39, 0.29) is 16.7 Å². The van der Waals surface area contributed by atoms with Gasteiger partial charge < -0.3 is 0 Å². The Morgan fingerprint density at radius 2 is 1.83 bits per heavy atom. The molecule has 2 heterocycles. The molecule has 0 saturated heterocycles. The standard InChI is InChI=1S/C22H17ClF3N3S/c1-13-6-11-20(30-17-5-3-2-4-16(13)17)28-19-12-18(27-21(23)29-19)22(25,26)14-7-9-15(24)10-8-14/h2-5,7-10,12-13H,6,11H2,1H3. The third-order valence-electron chi connectivity index (χ3n) is 4.92. The average Bonchev–Trinajstić information content (AvgIpc) is 2.87. The number of rotatable bonds is 3. The number of benzene rings is 2. The van der Waals surface area contributed by atoms with Crippen molar-refractivity contribution in [3.8, 4) is 0 Å². The van der Waals surface area contributed by atoms with Crippen molar-refractivity contribution in [2.24, 2.45) is 4.99 Å². The van der Waals surface area contributed by atoms with Gasteiger partial charge in [0.15, 0.2) is 5.82 Å². The number of alkyl halides is 2. The van der Waals surface area contributed by atoms with Gasteiger partial charge in [-0.25, -0.2) is 14.4 Å². The summed E-state index contributed by atoms with van der Waals surface area (Å²) in [4.78, 5) is 13.3. The Balaban J connectivity index is 1.69. The van der Waals surface area contributed by atoms with Crippen LogP contribution in [0.4, 0.5) is 19.0 Å². The summed E-state index contributed by atoms with van der Waals surface area (Å²) >= 11 is 7.44. The summed E-state index contributed by atoms with van der Waals surface area (Å²) in [5.41, 5.74) is 0.279. The van der Waals surface area contributed by atoms with E-state index in [0.29, 0.717) is 12.3 Å². The Morgan fingerprint density at radius 3 is 2.60 bits per heavy atom. The fourth-order valence-electron chi connectivity index (χ4n) is 3.29. The van der Waals surface area contributed by atoms with Crippen molar-refractivity contribution in [2.45, 2.75) is 36.5 Å². The van der Waals surface area contributed by atoms with Gasteiger partial charge in [-0.15, -0.1) is 0 Å². The summed E-state index contributed by atoms with van der Waals surface area (Å²) < 4.78 is 43.0. The van der Waals surface area contributed by atoms with Crippen molar-refractivity contribution >= 4 is 34.2 Å². The summed E-state index contributed by atoms with van der Waals surface area (Å²) in [6.45, 7) is 2.16. The van der Waals surface area contributed by atoms with E-state index in [1.807, 2.05) is 18.2 Å². The molecule has 1 aliphatic rings. The summed E-state index contributed by atoms with van der Waals surface area (Å²) in [6, 6.07) is 13.2. The number of nitrogens with zero attached hydrogens (tertiary/aromatic N) is 3. The van der Waals surface area contributed by atoms with Crippen LogP contribution in [-0.2, 0) is 5.92 Å². The van der Waals surface area contributed by atoms with Gasteiger partial charge in [0, 0.05) is 16.5 Å². The van der Waals surface area contributed by atoms with Gasteiger partial charge in [0.2, 0.25) is 5.28 Å². The second kappa shape index (κ2) is 8.40. The molecule has 2 aromatic carbocycles. The molecule has 0 amide bonds. The fraction of sp³-hybridized carbons (Fsp3) is 0.227. The molecule has 3 nitrogen and oxygen atoms in total. The monoisotopic (exact) mass is 447 g/mol. The lowest BCUT2D eigenvalue weighted by Gasteiger charge is -2.16. The van der Waals surface area contributed by atoms with E-state index in [4.69, 9.17) is 11.6 Å². The molecule has 0 N–H and O–H groups in total. The third-order valence-corrected chi connectivity index (χ3v) is 6.21. The summed E-state index contributed by atoms with van der Waals surface area (Å²) in [6.07, 6.45) is 1.59. The number of hydrogen-bond donors (Lipinski definition) is 0. The lowest BCUT2D eigenvalue weighted by atomic mass is 9.97. The van der Waals surface area contributed by atoms with Crippen molar-refractivity contribution in [1.29, 1.82) is 0 Å². The van der Waals surface area contributed by atoms with Crippen molar-refractivity contribution < 1.29 is 13.2 Å². The fourth-order valence-corrected chi connectivity index (χ4v) is 4.62. The molecule has 1 aliphatic heterocycles. The van der Waals surface area contributed by atoms with Crippen molar-refractivity contribution in [1.82, 2.24) is 9.97 Å². The molecule has 3 aromatic rings. The van der Waals surface area contributed by atoms with Gasteiger partial charge in [-0.1, -0.05) is 36.9 Å². The zero-order valence-electron chi connectivity index (χ0n) is 15.9. The van der Waals surface area contributed by atoms with Crippen molar-refractivity contribution in [3.05, 3.63) is 82.5 Å². The first kappa shape index (κ1) is 20.9. The zero-order valence-corrected chi connectivity index (χ0v) is 17.5. The van der Waals surface area contributed by atoms with Crippen molar-refractivity contribution in [2.75, 3.05) is 0 Å². The first-order chi connectivity index (χ1) is 14.3. The number of hydrogen-bond acceptors (Lipinski definition) is 4. The van der Waals surface area contributed by atoms with E-state index in [0.717, 1.165) is 46.7 Å². The lowest BCUT2D eigenvalue weighted by Crippen LogP contribution is -2.17. The van der Waals surface area contributed by atoms with Crippen LogP contribution in [0.1, 0.15) is 42.5 Å². The molecule has 1 atom stereocenters. The maximum atomic E-state index is 14.9. The minimum absolute atomic E-state index is 0.0707. The Hall–Kier alpha value is -2.38. The first-order valence-electron chi connectivity index (χ1n) is 9.36. The maximum Gasteiger partial charge on any atom is 0.315 e. The van der Waals surface area contributed by atoms with Gasteiger partial charge in [-0.05, 0) is 66.3 Å². The topological polar surface area (TPSA) is 38.1 Å². The Labute approximate surface area is 181 Å². The van der Waals surface area contributed by atoms with E-state index in [1.165, 1.54) is 17.3 Å².